The van der Waals surface area contributed by atoms with Crippen LogP contribution in [0.15, 0.2) is 109 Å². The van der Waals surface area contributed by atoms with Crippen molar-refractivity contribution >= 4 is 17.9 Å². The predicted octanol–water partition coefficient (Wildman–Crippen LogP) is 22.2. The first-order valence-corrected chi connectivity index (χ1v) is 32.4. The Bertz CT molecular complexity index is 1560. The monoisotopic (exact) mass is 1070 g/mol. The lowest BCUT2D eigenvalue weighted by molar-refractivity contribution is -0.167. The van der Waals surface area contributed by atoms with Crippen molar-refractivity contribution in [1.29, 1.82) is 0 Å². The smallest absolute Gasteiger partial charge is 0.306 e. The van der Waals surface area contributed by atoms with Gasteiger partial charge in [-0.2, -0.15) is 0 Å². The third kappa shape index (κ3) is 62.8. The van der Waals surface area contributed by atoms with Gasteiger partial charge in [0.2, 0.25) is 0 Å². The third-order valence-electron chi connectivity index (χ3n) is 13.8. The number of allylic oxidation sites excluding steroid dienone is 18. The summed E-state index contributed by atoms with van der Waals surface area (Å²) in [4.78, 5) is 38.2. The Kier molecular flexibility index (Phi) is 61.3. The van der Waals surface area contributed by atoms with Gasteiger partial charge in [-0.3, -0.25) is 14.4 Å². The zero-order valence-electron chi connectivity index (χ0n) is 50.4. The SMILES string of the molecule is CC/C=C\C/C=C\C/C=C\C/C=C\C/C=C\C/C=C\C/C=C\C/C=C\C/C=C\CCCCCCCC(=O)OCC(COC(=O)CCCCCCCCCCCCC)OC(=O)CCCCCCCCCCCCCCCCC. The van der Waals surface area contributed by atoms with Crippen molar-refractivity contribution in [2.75, 3.05) is 13.2 Å². The molecule has 6 nitrogen and oxygen atoms in total. The molecule has 1 unspecified atom stereocenters. The maximum Gasteiger partial charge on any atom is 0.306 e. The van der Waals surface area contributed by atoms with Crippen molar-refractivity contribution in [1.82, 2.24) is 0 Å². The second-order valence-electron chi connectivity index (χ2n) is 21.3. The van der Waals surface area contributed by atoms with Gasteiger partial charge >= 0.3 is 17.9 Å². The summed E-state index contributed by atoms with van der Waals surface area (Å²) in [5, 5.41) is 0. The van der Waals surface area contributed by atoms with Crippen molar-refractivity contribution in [2.24, 2.45) is 0 Å². The summed E-state index contributed by atoms with van der Waals surface area (Å²) in [5.41, 5.74) is 0. The summed E-state index contributed by atoms with van der Waals surface area (Å²) in [7, 11) is 0. The molecule has 0 rings (SSSR count). The van der Waals surface area contributed by atoms with E-state index in [0.29, 0.717) is 19.3 Å². The number of ether oxygens (including phenoxy) is 3. The fourth-order valence-corrected chi connectivity index (χ4v) is 8.97. The summed E-state index contributed by atoms with van der Waals surface area (Å²) in [6.45, 7) is 6.52. The molecule has 1 atom stereocenters. The first-order chi connectivity index (χ1) is 38.0. The van der Waals surface area contributed by atoms with Gasteiger partial charge in [0, 0.05) is 19.3 Å². The number of rotatable bonds is 58. The van der Waals surface area contributed by atoms with Gasteiger partial charge in [-0.15, -0.1) is 0 Å². The van der Waals surface area contributed by atoms with E-state index in [4.69, 9.17) is 14.2 Å². The van der Waals surface area contributed by atoms with Crippen LogP contribution in [0.3, 0.4) is 0 Å². The first kappa shape index (κ1) is 73.1. The Morgan fingerprint density at radius 2 is 0.506 bits per heavy atom. The Morgan fingerprint density at radius 3 is 0.792 bits per heavy atom. The van der Waals surface area contributed by atoms with Crippen molar-refractivity contribution in [3.8, 4) is 0 Å². The Hall–Kier alpha value is -3.93. The van der Waals surface area contributed by atoms with Gasteiger partial charge in [-0.25, -0.2) is 0 Å². The molecule has 0 saturated heterocycles. The molecule has 0 heterocycles. The molecule has 0 spiro atoms. The van der Waals surface area contributed by atoms with Crippen LogP contribution in [0.4, 0.5) is 0 Å². The van der Waals surface area contributed by atoms with Gasteiger partial charge < -0.3 is 14.2 Å². The minimum Gasteiger partial charge on any atom is -0.462 e. The van der Waals surface area contributed by atoms with E-state index < -0.39 is 6.10 Å². The average Bonchev–Trinajstić information content (AvgIpc) is 3.43. The second kappa shape index (κ2) is 64.6. The highest BCUT2D eigenvalue weighted by Gasteiger charge is 2.19. The summed E-state index contributed by atoms with van der Waals surface area (Å²) >= 11 is 0. The average molecular weight is 1070 g/mol. The van der Waals surface area contributed by atoms with Gasteiger partial charge in [-0.05, 0) is 89.9 Å². The molecule has 0 aromatic carbocycles. The van der Waals surface area contributed by atoms with Gasteiger partial charge in [-0.1, -0.05) is 304 Å². The van der Waals surface area contributed by atoms with Crippen molar-refractivity contribution in [3.63, 3.8) is 0 Å². The van der Waals surface area contributed by atoms with Crippen LogP contribution in [0.25, 0.3) is 0 Å². The molecule has 0 amide bonds. The van der Waals surface area contributed by atoms with Crippen LogP contribution in [-0.2, 0) is 28.6 Å². The summed E-state index contributed by atoms with van der Waals surface area (Å²) in [6.07, 6.45) is 88.1. The maximum atomic E-state index is 12.9. The molecule has 0 radical (unpaired) electrons. The van der Waals surface area contributed by atoms with E-state index in [-0.39, 0.29) is 31.1 Å². The normalized spacial score (nSPS) is 12.8. The zero-order chi connectivity index (χ0) is 55.7. The van der Waals surface area contributed by atoms with E-state index in [9.17, 15) is 14.4 Å². The van der Waals surface area contributed by atoms with Crippen LogP contribution in [0.1, 0.15) is 303 Å². The number of hydrogen-bond acceptors (Lipinski definition) is 6. The largest absolute Gasteiger partial charge is 0.462 e. The summed E-state index contributed by atoms with van der Waals surface area (Å²) < 4.78 is 16.9. The predicted molar refractivity (Wildman–Crippen MR) is 334 cm³/mol. The molecule has 6 heteroatoms. The first-order valence-electron chi connectivity index (χ1n) is 32.4. The van der Waals surface area contributed by atoms with E-state index >= 15 is 0 Å². The zero-order valence-corrected chi connectivity index (χ0v) is 50.4. The van der Waals surface area contributed by atoms with E-state index in [1.807, 2.05) is 0 Å². The van der Waals surface area contributed by atoms with Crippen LogP contribution < -0.4 is 0 Å². The molecule has 0 aromatic heterocycles. The summed E-state index contributed by atoms with van der Waals surface area (Å²) in [5.74, 6) is -0.891. The number of esters is 3. The van der Waals surface area contributed by atoms with Crippen LogP contribution in [0, 0.1) is 0 Å². The number of hydrogen-bond donors (Lipinski definition) is 0. The maximum absolute atomic E-state index is 12.9. The van der Waals surface area contributed by atoms with Gasteiger partial charge in [0.25, 0.3) is 0 Å². The number of carbonyl (C=O) groups excluding carboxylic acids is 3. The molecule has 440 valence electrons. The van der Waals surface area contributed by atoms with E-state index in [1.165, 1.54) is 128 Å². The Balaban J connectivity index is 4.26. The molecule has 0 saturated carbocycles. The number of unbranched alkanes of at least 4 members (excludes halogenated alkanes) is 29. The molecular weight excluding hydrogens is 949 g/mol. The molecule has 0 aliphatic heterocycles. The standard InChI is InChI=1S/C71H120O6/c1-4-7-10-13-16-19-22-24-26-27-28-29-30-31-32-33-34-35-36-37-38-39-40-41-42-43-45-46-49-52-55-58-61-64-70(73)76-67-68(66-75-69(72)63-60-57-54-51-48-21-18-15-12-9-6-3)77-71(74)65-62-59-56-53-50-47-44-25-23-20-17-14-11-8-5-2/h7,10,16,19,24,26,28-29,31-32,34-35,37-38,40-41,43,45,68H,4-6,8-9,11-15,17-18,20-23,25,27,30,33,36,39,42,44,46-67H2,1-3H3/b10-7-,19-16-,26-24-,29-28-,32-31-,35-34-,38-37-,41-40-,45-43-. The summed E-state index contributed by atoms with van der Waals surface area (Å²) in [6, 6.07) is 0. The molecule has 0 aliphatic rings. The quantitative estimate of drug-likeness (QED) is 0.0261. The fourth-order valence-electron chi connectivity index (χ4n) is 8.97. The third-order valence-corrected chi connectivity index (χ3v) is 13.8. The van der Waals surface area contributed by atoms with Crippen molar-refractivity contribution in [2.45, 2.75) is 309 Å². The number of carbonyl (C=O) groups is 3. The minimum atomic E-state index is -0.783. The molecule has 0 fully saturated rings. The topological polar surface area (TPSA) is 78.9 Å². The van der Waals surface area contributed by atoms with Gasteiger partial charge in [0.05, 0.1) is 0 Å². The van der Waals surface area contributed by atoms with Gasteiger partial charge in [0.1, 0.15) is 13.2 Å². The van der Waals surface area contributed by atoms with Crippen molar-refractivity contribution < 1.29 is 28.6 Å². The molecular formula is C71H120O6. The molecule has 77 heavy (non-hydrogen) atoms. The van der Waals surface area contributed by atoms with E-state index in [0.717, 1.165) is 135 Å². The van der Waals surface area contributed by atoms with Crippen LogP contribution >= 0.6 is 0 Å². The lowest BCUT2D eigenvalue weighted by Crippen LogP contribution is -2.30. The Morgan fingerprint density at radius 1 is 0.273 bits per heavy atom. The highest BCUT2D eigenvalue weighted by Crippen LogP contribution is 2.16. The fraction of sp³-hybridized carbons (Fsp3) is 0.704. The van der Waals surface area contributed by atoms with Crippen molar-refractivity contribution in [3.05, 3.63) is 109 Å². The molecule has 0 bridgehead atoms. The lowest BCUT2D eigenvalue weighted by atomic mass is 10.0. The molecule has 0 aliphatic carbocycles. The Labute approximate surface area is 476 Å². The minimum absolute atomic E-state index is 0.0802. The van der Waals surface area contributed by atoms with Gasteiger partial charge in [0.15, 0.2) is 6.10 Å². The van der Waals surface area contributed by atoms with E-state index in [1.54, 1.807) is 0 Å². The highest BCUT2D eigenvalue weighted by atomic mass is 16.6. The lowest BCUT2D eigenvalue weighted by Gasteiger charge is -2.18. The highest BCUT2D eigenvalue weighted by molar-refractivity contribution is 5.71. The van der Waals surface area contributed by atoms with E-state index in [2.05, 4.69) is 130 Å². The van der Waals surface area contributed by atoms with Crippen LogP contribution in [-0.4, -0.2) is 37.2 Å². The molecule has 0 N–H and O–H groups in total. The molecule has 0 aromatic rings. The second-order valence-corrected chi connectivity index (χ2v) is 21.3. The van der Waals surface area contributed by atoms with Crippen LogP contribution in [0.5, 0.6) is 0 Å². The van der Waals surface area contributed by atoms with Crippen LogP contribution in [0.2, 0.25) is 0 Å².